The number of anilines is 2. The Kier molecular flexibility index (Phi) is 4.60. The van der Waals surface area contributed by atoms with Gasteiger partial charge in [0.25, 0.3) is 11.8 Å². The third-order valence-corrected chi connectivity index (χ3v) is 4.74. The van der Waals surface area contributed by atoms with Crippen LogP contribution in [0.15, 0.2) is 67.0 Å². The second-order valence-corrected chi connectivity index (χ2v) is 6.69. The molecule has 1 aliphatic heterocycles. The smallest absolute Gasteiger partial charge is 0.259 e. The van der Waals surface area contributed by atoms with Crippen LogP contribution in [0.3, 0.4) is 0 Å². The molecule has 27 heavy (non-hydrogen) atoms. The van der Waals surface area contributed by atoms with Gasteiger partial charge in [-0.1, -0.05) is 11.6 Å². The van der Waals surface area contributed by atoms with Crippen LogP contribution in [-0.2, 0) is 6.42 Å². The molecule has 0 saturated heterocycles. The van der Waals surface area contributed by atoms with Gasteiger partial charge in [0.15, 0.2) is 0 Å². The molecule has 134 valence electrons. The van der Waals surface area contributed by atoms with E-state index in [0.29, 0.717) is 28.4 Å². The van der Waals surface area contributed by atoms with Gasteiger partial charge in [-0.15, -0.1) is 0 Å². The van der Waals surface area contributed by atoms with Gasteiger partial charge in [-0.2, -0.15) is 0 Å². The summed E-state index contributed by atoms with van der Waals surface area (Å²) >= 11 is 5.86. The first-order valence-corrected chi connectivity index (χ1v) is 8.91. The molecule has 0 atom stereocenters. The summed E-state index contributed by atoms with van der Waals surface area (Å²) in [6, 6.07) is 15.8. The van der Waals surface area contributed by atoms with Crippen LogP contribution < -0.4 is 10.2 Å². The van der Waals surface area contributed by atoms with Crippen LogP contribution in [0.2, 0.25) is 5.02 Å². The Bertz CT molecular complexity index is 1000. The van der Waals surface area contributed by atoms with Crippen molar-refractivity contribution < 1.29 is 9.59 Å². The summed E-state index contributed by atoms with van der Waals surface area (Å²) in [7, 11) is 0. The number of amides is 2. The normalized spacial score (nSPS) is 12.6. The van der Waals surface area contributed by atoms with Gasteiger partial charge in [-0.25, -0.2) is 0 Å². The van der Waals surface area contributed by atoms with Crippen LogP contribution in [0.25, 0.3) is 0 Å². The number of hydrogen-bond acceptors (Lipinski definition) is 3. The van der Waals surface area contributed by atoms with Gasteiger partial charge < -0.3 is 10.2 Å². The molecule has 0 aliphatic carbocycles. The number of halogens is 1. The Hall–Kier alpha value is -3.18. The SMILES string of the molecule is O=C(Nc1ccc2c(c1)CCN2C(=O)c1cccnc1)c1ccc(Cl)cc1. The summed E-state index contributed by atoms with van der Waals surface area (Å²) in [5, 5.41) is 3.47. The van der Waals surface area contributed by atoms with E-state index in [4.69, 9.17) is 11.6 Å². The number of rotatable bonds is 3. The average Bonchev–Trinajstić information content (AvgIpc) is 3.11. The molecule has 3 aromatic rings. The highest BCUT2D eigenvalue weighted by Gasteiger charge is 2.26. The number of pyridine rings is 1. The van der Waals surface area contributed by atoms with Crippen molar-refractivity contribution in [1.29, 1.82) is 0 Å². The summed E-state index contributed by atoms with van der Waals surface area (Å²) in [6.45, 7) is 0.609. The summed E-state index contributed by atoms with van der Waals surface area (Å²) in [6.07, 6.45) is 3.96. The van der Waals surface area contributed by atoms with E-state index in [0.717, 1.165) is 17.7 Å². The second kappa shape index (κ2) is 7.21. The van der Waals surface area contributed by atoms with Crippen molar-refractivity contribution in [2.24, 2.45) is 0 Å². The average molecular weight is 378 g/mol. The van der Waals surface area contributed by atoms with Crippen molar-refractivity contribution in [3.05, 3.63) is 88.7 Å². The van der Waals surface area contributed by atoms with E-state index in [-0.39, 0.29) is 11.8 Å². The zero-order valence-electron chi connectivity index (χ0n) is 14.4. The molecule has 0 fully saturated rings. The van der Waals surface area contributed by atoms with E-state index in [1.165, 1.54) is 0 Å². The molecule has 4 rings (SSSR count). The molecule has 0 unspecified atom stereocenters. The zero-order chi connectivity index (χ0) is 18.8. The first-order chi connectivity index (χ1) is 13.1. The number of fused-ring (bicyclic) bond motifs is 1. The van der Waals surface area contributed by atoms with Gasteiger partial charge in [0.05, 0.1) is 5.56 Å². The predicted molar refractivity (Wildman–Crippen MR) is 105 cm³/mol. The molecule has 2 amide bonds. The Labute approximate surface area is 161 Å². The summed E-state index contributed by atoms with van der Waals surface area (Å²) in [4.78, 5) is 30.8. The van der Waals surface area contributed by atoms with Crippen molar-refractivity contribution >= 4 is 34.8 Å². The van der Waals surface area contributed by atoms with E-state index in [1.807, 2.05) is 18.2 Å². The molecule has 0 bridgehead atoms. The van der Waals surface area contributed by atoms with Crippen LogP contribution in [0.1, 0.15) is 26.3 Å². The van der Waals surface area contributed by atoms with Gasteiger partial charge in [0.2, 0.25) is 0 Å². The molecule has 1 aromatic heterocycles. The Balaban J connectivity index is 1.52. The van der Waals surface area contributed by atoms with Gasteiger partial charge in [0.1, 0.15) is 0 Å². The van der Waals surface area contributed by atoms with Crippen LogP contribution in [0.4, 0.5) is 11.4 Å². The fourth-order valence-electron chi connectivity index (χ4n) is 3.14. The van der Waals surface area contributed by atoms with Crippen LogP contribution >= 0.6 is 11.6 Å². The number of carbonyl (C=O) groups excluding carboxylic acids is 2. The largest absolute Gasteiger partial charge is 0.322 e. The van der Waals surface area contributed by atoms with E-state index < -0.39 is 0 Å². The van der Waals surface area contributed by atoms with Crippen molar-refractivity contribution in [3.63, 3.8) is 0 Å². The molecule has 2 aromatic carbocycles. The highest BCUT2D eigenvalue weighted by Crippen LogP contribution is 2.31. The van der Waals surface area contributed by atoms with E-state index in [2.05, 4.69) is 10.3 Å². The number of nitrogens with zero attached hydrogens (tertiary/aromatic N) is 2. The zero-order valence-corrected chi connectivity index (χ0v) is 15.1. The maximum absolute atomic E-state index is 12.7. The van der Waals surface area contributed by atoms with Crippen molar-refractivity contribution in [2.75, 3.05) is 16.8 Å². The predicted octanol–water partition coefficient (Wildman–Crippen LogP) is 4.19. The quantitative estimate of drug-likeness (QED) is 0.744. The number of carbonyl (C=O) groups is 2. The monoisotopic (exact) mass is 377 g/mol. The lowest BCUT2D eigenvalue weighted by Gasteiger charge is -2.17. The maximum Gasteiger partial charge on any atom is 0.259 e. The van der Waals surface area contributed by atoms with E-state index in [9.17, 15) is 9.59 Å². The summed E-state index contributed by atoms with van der Waals surface area (Å²) in [5.74, 6) is -0.271. The van der Waals surface area contributed by atoms with E-state index >= 15 is 0 Å². The number of nitrogens with one attached hydrogen (secondary N) is 1. The van der Waals surface area contributed by atoms with E-state index in [1.54, 1.807) is 53.7 Å². The minimum atomic E-state index is -0.201. The first-order valence-electron chi connectivity index (χ1n) is 8.53. The molecule has 6 heteroatoms. The van der Waals surface area contributed by atoms with Gasteiger partial charge in [-0.05, 0) is 66.6 Å². The Morgan fingerprint density at radius 1 is 1.04 bits per heavy atom. The van der Waals surface area contributed by atoms with Gasteiger partial charge in [0, 0.05) is 40.9 Å². The van der Waals surface area contributed by atoms with Crippen molar-refractivity contribution in [3.8, 4) is 0 Å². The van der Waals surface area contributed by atoms with Crippen LogP contribution in [0, 0.1) is 0 Å². The maximum atomic E-state index is 12.7. The Morgan fingerprint density at radius 3 is 2.59 bits per heavy atom. The summed E-state index contributed by atoms with van der Waals surface area (Å²) < 4.78 is 0. The molecule has 0 radical (unpaired) electrons. The third-order valence-electron chi connectivity index (χ3n) is 4.49. The minimum Gasteiger partial charge on any atom is -0.322 e. The van der Waals surface area contributed by atoms with Crippen LogP contribution in [0.5, 0.6) is 0 Å². The lowest BCUT2D eigenvalue weighted by molar-refractivity contribution is 0.0987. The second-order valence-electron chi connectivity index (χ2n) is 6.25. The first kappa shape index (κ1) is 17.2. The summed E-state index contributed by atoms with van der Waals surface area (Å²) in [5.41, 5.74) is 3.69. The molecule has 5 nitrogen and oxygen atoms in total. The minimum absolute atomic E-state index is 0.0696. The lowest BCUT2D eigenvalue weighted by atomic mass is 10.1. The molecule has 2 heterocycles. The fraction of sp³-hybridized carbons (Fsp3) is 0.0952. The fourth-order valence-corrected chi connectivity index (χ4v) is 3.27. The standard InChI is InChI=1S/C21H16ClN3O2/c22-17-5-3-14(4-6-17)20(26)24-18-7-8-19-15(12-18)9-11-25(19)21(27)16-2-1-10-23-13-16/h1-8,10,12-13H,9,11H2,(H,24,26). The topological polar surface area (TPSA) is 62.3 Å². The number of benzene rings is 2. The third kappa shape index (κ3) is 3.55. The molecular formula is C21H16ClN3O2. The van der Waals surface area contributed by atoms with Gasteiger partial charge >= 0.3 is 0 Å². The van der Waals surface area contributed by atoms with Crippen molar-refractivity contribution in [2.45, 2.75) is 6.42 Å². The number of hydrogen-bond donors (Lipinski definition) is 1. The molecule has 0 saturated carbocycles. The van der Waals surface area contributed by atoms with Gasteiger partial charge in [-0.3, -0.25) is 14.6 Å². The number of aromatic nitrogens is 1. The molecular weight excluding hydrogens is 362 g/mol. The lowest BCUT2D eigenvalue weighted by Crippen LogP contribution is -2.28. The highest BCUT2D eigenvalue weighted by atomic mass is 35.5. The molecule has 0 spiro atoms. The Morgan fingerprint density at radius 2 is 1.85 bits per heavy atom. The molecule has 1 N–H and O–H groups in total. The van der Waals surface area contributed by atoms with Crippen LogP contribution in [-0.4, -0.2) is 23.3 Å². The van der Waals surface area contributed by atoms with Crippen molar-refractivity contribution in [1.82, 2.24) is 4.98 Å². The molecule has 1 aliphatic rings. The highest BCUT2D eigenvalue weighted by molar-refractivity contribution is 6.30.